The summed E-state index contributed by atoms with van der Waals surface area (Å²) in [6.45, 7) is 10.7. The molecule has 0 aromatic rings. The molecule has 17 heavy (non-hydrogen) atoms. The van der Waals surface area contributed by atoms with Gasteiger partial charge in [-0.3, -0.25) is 14.6 Å². The van der Waals surface area contributed by atoms with E-state index >= 15 is 0 Å². The molecule has 3 atom stereocenters. The molecule has 1 fully saturated rings. The fraction of sp³-hybridized carbons (Fsp3) is 0.923. The first-order valence-corrected chi connectivity index (χ1v) is 6.63. The summed E-state index contributed by atoms with van der Waals surface area (Å²) in [7, 11) is 2.15. The van der Waals surface area contributed by atoms with Gasteiger partial charge in [-0.15, -0.1) is 0 Å². The number of piperazine rings is 1. The topological polar surface area (TPSA) is 32.8 Å². The summed E-state index contributed by atoms with van der Waals surface area (Å²) < 4.78 is 5.15. The normalized spacial score (nSPS) is 29.0. The van der Waals surface area contributed by atoms with E-state index in [9.17, 15) is 4.79 Å². The Balaban J connectivity index is 2.66. The van der Waals surface area contributed by atoms with Crippen LogP contribution in [-0.4, -0.2) is 60.6 Å². The van der Waals surface area contributed by atoms with Gasteiger partial charge in [0.05, 0.1) is 6.61 Å². The summed E-state index contributed by atoms with van der Waals surface area (Å²) in [5.74, 6) is -0.0704. The average Bonchev–Trinajstić information content (AvgIpc) is 2.27. The van der Waals surface area contributed by atoms with Crippen LogP contribution in [0.5, 0.6) is 0 Å². The van der Waals surface area contributed by atoms with Crippen LogP contribution in [0.15, 0.2) is 0 Å². The van der Waals surface area contributed by atoms with Crippen molar-refractivity contribution in [2.24, 2.45) is 0 Å². The molecule has 0 saturated carbocycles. The molecule has 0 amide bonds. The van der Waals surface area contributed by atoms with Gasteiger partial charge in [0, 0.05) is 25.2 Å². The predicted octanol–water partition coefficient (Wildman–Crippen LogP) is 1.35. The monoisotopic (exact) mass is 242 g/mol. The molecule has 100 valence electrons. The highest BCUT2D eigenvalue weighted by Gasteiger charge is 2.33. The van der Waals surface area contributed by atoms with Crippen molar-refractivity contribution in [2.45, 2.75) is 52.2 Å². The van der Waals surface area contributed by atoms with Gasteiger partial charge >= 0.3 is 5.97 Å². The van der Waals surface area contributed by atoms with E-state index in [1.165, 1.54) is 0 Å². The lowest BCUT2D eigenvalue weighted by Crippen LogP contribution is -2.59. The fourth-order valence-electron chi connectivity index (χ4n) is 2.51. The molecular formula is C13H26N2O2. The number of ether oxygens (including phenoxy) is 1. The molecule has 0 aromatic heterocycles. The zero-order chi connectivity index (χ0) is 13.0. The van der Waals surface area contributed by atoms with Gasteiger partial charge in [0.25, 0.3) is 0 Å². The quantitative estimate of drug-likeness (QED) is 0.697. The Labute approximate surface area is 105 Å². The van der Waals surface area contributed by atoms with E-state index in [0.717, 1.165) is 19.5 Å². The van der Waals surface area contributed by atoms with Crippen molar-refractivity contribution in [3.05, 3.63) is 0 Å². The largest absolute Gasteiger partial charge is 0.465 e. The van der Waals surface area contributed by atoms with E-state index in [-0.39, 0.29) is 12.0 Å². The molecule has 0 aromatic carbocycles. The predicted molar refractivity (Wildman–Crippen MR) is 69.0 cm³/mol. The van der Waals surface area contributed by atoms with E-state index in [0.29, 0.717) is 18.7 Å². The lowest BCUT2D eigenvalue weighted by Gasteiger charge is -2.44. The third kappa shape index (κ3) is 3.42. The molecule has 1 saturated heterocycles. The molecule has 0 aliphatic carbocycles. The van der Waals surface area contributed by atoms with Crippen LogP contribution in [0.4, 0.5) is 0 Å². The molecule has 0 bridgehead atoms. The van der Waals surface area contributed by atoms with E-state index in [2.05, 4.69) is 37.6 Å². The maximum Gasteiger partial charge on any atom is 0.323 e. The number of nitrogens with zero attached hydrogens (tertiary/aromatic N) is 2. The molecule has 1 unspecified atom stereocenters. The number of rotatable bonds is 4. The van der Waals surface area contributed by atoms with Gasteiger partial charge in [-0.2, -0.15) is 0 Å². The summed E-state index contributed by atoms with van der Waals surface area (Å²) in [5.41, 5.74) is 0. The van der Waals surface area contributed by atoms with Crippen LogP contribution >= 0.6 is 0 Å². The molecular weight excluding hydrogens is 216 g/mol. The smallest absolute Gasteiger partial charge is 0.323 e. The van der Waals surface area contributed by atoms with E-state index in [1.54, 1.807) is 0 Å². The molecule has 1 aliphatic heterocycles. The van der Waals surface area contributed by atoms with Gasteiger partial charge in [0.2, 0.25) is 0 Å². The molecule has 4 heteroatoms. The summed E-state index contributed by atoms with van der Waals surface area (Å²) in [6, 6.07) is 0.901. The second-order valence-corrected chi connectivity index (χ2v) is 4.99. The standard InChI is InChI=1S/C13H26N2O2/c1-6-12(13(16)17-7-2)15-8-10(3)14(5)11(4)9-15/h10-12H,6-9H2,1-5H3/t10-,11-,12?/m0/s1. The molecule has 0 N–H and O–H groups in total. The van der Waals surface area contributed by atoms with Crippen LogP contribution in [-0.2, 0) is 9.53 Å². The number of likely N-dealkylation sites (N-methyl/N-ethyl adjacent to an activating group) is 1. The first-order valence-electron chi connectivity index (χ1n) is 6.63. The SMILES string of the molecule is CCOC(=O)C(CC)N1C[C@H](C)N(C)[C@@H](C)C1. The molecule has 0 spiro atoms. The molecule has 1 rings (SSSR count). The highest BCUT2D eigenvalue weighted by Crippen LogP contribution is 2.18. The van der Waals surface area contributed by atoms with E-state index in [4.69, 9.17) is 4.74 Å². The Morgan fingerprint density at radius 2 is 1.82 bits per heavy atom. The van der Waals surface area contributed by atoms with Gasteiger partial charge < -0.3 is 4.74 Å². The average molecular weight is 242 g/mol. The second kappa shape index (κ2) is 6.36. The van der Waals surface area contributed by atoms with Crippen molar-refractivity contribution < 1.29 is 9.53 Å². The Morgan fingerprint density at radius 3 is 2.24 bits per heavy atom. The van der Waals surface area contributed by atoms with Crippen LogP contribution in [0.25, 0.3) is 0 Å². The minimum absolute atomic E-state index is 0.0704. The van der Waals surface area contributed by atoms with Crippen molar-refractivity contribution in [1.82, 2.24) is 9.80 Å². The Hall–Kier alpha value is -0.610. The summed E-state index contributed by atoms with van der Waals surface area (Å²) >= 11 is 0. The lowest BCUT2D eigenvalue weighted by molar-refractivity contribution is -0.151. The minimum Gasteiger partial charge on any atom is -0.465 e. The van der Waals surface area contributed by atoms with Crippen molar-refractivity contribution >= 4 is 5.97 Å². The number of carbonyl (C=O) groups is 1. The summed E-state index contributed by atoms with van der Waals surface area (Å²) in [4.78, 5) is 16.5. The molecule has 4 nitrogen and oxygen atoms in total. The first kappa shape index (κ1) is 14.5. The van der Waals surface area contributed by atoms with Crippen molar-refractivity contribution in [2.75, 3.05) is 26.7 Å². The van der Waals surface area contributed by atoms with Crippen LogP contribution in [0.3, 0.4) is 0 Å². The van der Waals surface area contributed by atoms with Crippen molar-refractivity contribution in [3.8, 4) is 0 Å². The van der Waals surface area contributed by atoms with Crippen LogP contribution in [0, 0.1) is 0 Å². The maximum absolute atomic E-state index is 11.9. The van der Waals surface area contributed by atoms with E-state index in [1.807, 2.05) is 6.92 Å². The number of hydrogen-bond donors (Lipinski definition) is 0. The maximum atomic E-state index is 11.9. The van der Waals surface area contributed by atoms with Gasteiger partial charge in [0.15, 0.2) is 0 Å². The van der Waals surface area contributed by atoms with Gasteiger partial charge in [-0.1, -0.05) is 6.92 Å². The third-order valence-corrected chi connectivity index (χ3v) is 3.77. The Morgan fingerprint density at radius 1 is 1.29 bits per heavy atom. The van der Waals surface area contributed by atoms with Gasteiger partial charge in [-0.25, -0.2) is 0 Å². The fourth-order valence-corrected chi connectivity index (χ4v) is 2.51. The lowest BCUT2D eigenvalue weighted by atomic mass is 10.1. The zero-order valence-electron chi connectivity index (χ0n) is 11.8. The molecule has 1 aliphatic rings. The number of hydrogen-bond acceptors (Lipinski definition) is 4. The van der Waals surface area contributed by atoms with E-state index < -0.39 is 0 Å². The minimum atomic E-state index is -0.0754. The summed E-state index contributed by atoms with van der Waals surface area (Å²) in [5, 5.41) is 0. The van der Waals surface area contributed by atoms with Crippen LogP contribution < -0.4 is 0 Å². The highest BCUT2D eigenvalue weighted by molar-refractivity contribution is 5.75. The molecule has 0 radical (unpaired) electrons. The first-order chi connectivity index (χ1) is 8.01. The third-order valence-electron chi connectivity index (χ3n) is 3.77. The zero-order valence-corrected chi connectivity index (χ0v) is 11.8. The second-order valence-electron chi connectivity index (χ2n) is 4.99. The highest BCUT2D eigenvalue weighted by atomic mass is 16.5. The van der Waals surface area contributed by atoms with Crippen LogP contribution in [0.1, 0.15) is 34.1 Å². The summed E-state index contributed by atoms with van der Waals surface area (Å²) in [6.07, 6.45) is 0.821. The Kier molecular flexibility index (Phi) is 5.40. The van der Waals surface area contributed by atoms with Gasteiger partial charge in [-0.05, 0) is 34.2 Å². The van der Waals surface area contributed by atoms with Crippen LogP contribution in [0.2, 0.25) is 0 Å². The Bertz CT molecular complexity index is 246. The van der Waals surface area contributed by atoms with Crippen molar-refractivity contribution in [3.63, 3.8) is 0 Å². The number of esters is 1. The molecule has 1 heterocycles. The van der Waals surface area contributed by atoms with Crippen molar-refractivity contribution in [1.29, 1.82) is 0 Å². The number of carbonyl (C=O) groups excluding carboxylic acids is 1. The van der Waals surface area contributed by atoms with Gasteiger partial charge in [0.1, 0.15) is 6.04 Å².